The van der Waals surface area contributed by atoms with Gasteiger partial charge in [0.2, 0.25) is 0 Å². The van der Waals surface area contributed by atoms with Crippen molar-refractivity contribution in [3.05, 3.63) is 11.1 Å². The highest BCUT2D eigenvalue weighted by atomic mass is 32.1. The van der Waals surface area contributed by atoms with Gasteiger partial charge in [-0.05, 0) is 0 Å². The Morgan fingerprint density at radius 2 is 2.36 bits per heavy atom. The van der Waals surface area contributed by atoms with Gasteiger partial charge in [0.05, 0.1) is 13.2 Å². The Balaban J connectivity index is 2.00. The second-order valence-corrected chi connectivity index (χ2v) is 4.18. The molecule has 0 bridgehead atoms. The van der Waals surface area contributed by atoms with E-state index in [2.05, 4.69) is 15.3 Å². The number of thiazole rings is 1. The molecule has 78 valence electrons. The molecule has 1 saturated heterocycles. The molecule has 2 rings (SSSR count). The number of aromatic nitrogens is 1. The second kappa shape index (κ2) is 4.70. The number of hydrazine groups is 1. The van der Waals surface area contributed by atoms with E-state index in [0.29, 0.717) is 6.54 Å². The number of nitrogens with one attached hydrogen (secondary N) is 1. The van der Waals surface area contributed by atoms with Gasteiger partial charge in [-0.2, -0.15) is 0 Å². The Morgan fingerprint density at radius 1 is 1.57 bits per heavy atom. The number of hydrogen-bond donors (Lipinski definition) is 2. The third kappa shape index (κ3) is 2.21. The third-order valence-electron chi connectivity index (χ3n) is 2.10. The molecule has 0 saturated carbocycles. The second-order valence-electron chi connectivity index (χ2n) is 3.09. The number of ether oxygens (including phenoxy) is 1. The number of morpholine rings is 1. The molecule has 3 N–H and O–H groups in total. The first kappa shape index (κ1) is 9.85. The number of hydrogen-bond acceptors (Lipinski definition) is 6. The van der Waals surface area contributed by atoms with Crippen LogP contribution in [-0.4, -0.2) is 31.3 Å². The molecule has 0 unspecified atom stereocenters. The van der Waals surface area contributed by atoms with Crippen molar-refractivity contribution in [2.75, 3.05) is 31.2 Å². The number of anilines is 1. The molecule has 5 nitrogen and oxygen atoms in total. The van der Waals surface area contributed by atoms with Gasteiger partial charge in [0.25, 0.3) is 0 Å². The van der Waals surface area contributed by atoms with Crippen LogP contribution < -0.4 is 16.2 Å². The third-order valence-corrected chi connectivity index (χ3v) is 3.16. The summed E-state index contributed by atoms with van der Waals surface area (Å²) in [4.78, 5) is 7.76. The van der Waals surface area contributed by atoms with Gasteiger partial charge in [-0.1, -0.05) is 0 Å². The highest BCUT2D eigenvalue weighted by Gasteiger charge is 2.14. The van der Waals surface area contributed by atoms with Crippen LogP contribution in [0.2, 0.25) is 0 Å². The molecule has 0 aliphatic carbocycles. The van der Waals surface area contributed by atoms with Crippen LogP contribution in [-0.2, 0) is 11.3 Å². The summed E-state index contributed by atoms with van der Waals surface area (Å²) in [6, 6.07) is 0. The fraction of sp³-hybridized carbons (Fsp3) is 0.625. The summed E-state index contributed by atoms with van der Waals surface area (Å²) >= 11 is 1.68. The van der Waals surface area contributed by atoms with E-state index in [9.17, 15) is 0 Å². The summed E-state index contributed by atoms with van der Waals surface area (Å²) < 4.78 is 5.28. The first-order valence-electron chi connectivity index (χ1n) is 4.61. The molecule has 6 heteroatoms. The fourth-order valence-corrected chi connectivity index (χ4v) is 2.29. The van der Waals surface area contributed by atoms with Gasteiger partial charge in [-0.3, -0.25) is 11.3 Å². The lowest BCUT2D eigenvalue weighted by Gasteiger charge is -2.25. The van der Waals surface area contributed by atoms with Crippen LogP contribution >= 0.6 is 11.3 Å². The van der Waals surface area contributed by atoms with E-state index in [4.69, 9.17) is 10.6 Å². The lowest BCUT2D eigenvalue weighted by Crippen LogP contribution is -2.36. The van der Waals surface area contributed by atoms with E-state index < -0.39 is 0 Å². The molecule has 1 fully saturated rings. The predicted octanol–water partition coefficient (Wildman–Crippen LogP) is -0.0570. The zero-order valence-electron chi connectivity index (χ0n) is 7.90. The smallest absolute Gasteiger partial charge is 0.185 e. The normalized spacial score (nSPS) is 17.4. The number of rotatable bonds is 3. The van der Waals surface area contributed by atoms with Crippen LogP contribution in [0.5, 0.6) is 0 Å². The largest absolute Gasteiger partial charge is 0.378 e. The maximum Gasteiger partial charge on any atom is 0.185 e. The SMILES string of the molecule is NNCc1cnc(N2CCOCC2)s1. The van der Waals surface area contributed by atoms with Crippen LogP contribution in [0.15, 0.2) is 6.20 Å². The van der Waals surface area contributed by atoms with Gasteiger partial charge in [0.1, 0.15) is 0 Å². The molecule has 1 aliphatic rings. The van der Waals surface area contributed by atoms with E-state index in [1.807, 2.05) is 6.20 Å². The zero-order chi connectivity index (χ0) is 9.80. The molecular weight excluding hydrogens is 200 g/mol. The van der Waals surface area contributed by atoms with Crippen molar-refractivity contribution in [2.24, 2.45) is 5.84 Å². The topological polar surface area (TPSA) is 63.4 Å². The van der Waals surface area contributed by atoms with Crippen molar-refractivity contribution in [1.82, 2.24) is 10.4 Å². The van der Waals surface area contributed by atoms with Crippen molar-refractivity contribution in [1.29, 1.82) is 0 Å². The first-order valence-corrected chi connectivity index (χ1v) is 5.42. The van der Waals surface area contributed by atoms with Gasteiger partial charge in [-0.15, -0.1) is 11.3 Å². The van der Waals surface area contributed by atoms with Crippen LogP contribution in [0.25, 0.3) is 0 Å². The van der Waals surface area contributed by atoms with Gasteiger partial charge in [0.15, 0.2) is 5.13 Å². The van der Waals surface area contributed by atoms with Crippen molar-refractivity contribution < 1.29 is 4.74 Å². The highest BCUT2D eigenvalue weighted by molar-refractivity contribution is 7.15. The van der Waals surface area contributed by atoms with Gasteiger partial charge in [0, 0.05) is 30.7 Å². The Morgan fingerprint density at radius 3 is 3.07 bits per heavy atom. The summed E-state index contributed by atoms with van der Waals surface area (Å²) in [6.07, 6.45) is 1.87. The lowest BCUT2D eigenvalue weighted by atomic mass is 10.5. The van der Waals surface area contributed by atoms with Gasteiger partial charge in [-0.25, -0.2) is 4.98 Å². The average Bonchev–Trinajstić information content (AvgIpc) is 2.68. The predicted molar refractivity (Wildman–Crippen MR) is 56.2 cm³/mol. The molecule has 2 heterocycles. The monoisotopic (exact) mass is 214 g/mol. The van der Waals surface area contributed by atoms with E-state index in [-0.39, 0.29) is 0 Å². The summed E-state index contributed by atoms with van der Waals surface area (Å²) in [7, 11) is 0. The molecule has 0 aromatic carbocycles. The van der Waals surface area contributed by atoms with Crippen molar-refractivity contribution >= 4 is 16.5 Å². The molecule has 0 atom stereocenters. The zero-order valence-corrected chi connectivity index (χ0v) is 8.72. The Hall–Kier alpha value is -0.690. The standard InChI is InChI=1S/C8H14N4OS/c9-11-6-7-5-10-8(14-7)12-1-3-13-4-2-12/h5,11H,1-4,6,9H2. The highest BCUT2D eigenvalue weighted by Crippen LogP contribution is 2.22. The number of nitrogens with zero attached hydrogens (tertiary/aromatic N) is 2. The van der Waals surface area contributed by atoms with Crippen LogP contribution in [0.4, 0.5) is 5.13 Å². The fourth-order valence-electron chi connectivity index (χ4n) is 1.38. The Labute approximate surface area is 86.8 Å². The van der Waals surface area contributed by atoms with Crippen LogP contribution in [0.1, 0.15) is 4.88 Å². The minimum atomic E-state index is 0.683. The van der Waals surface area contributed by atoms with E-state index >= 15 is 0 Å². The van der Waals surface area contributed by atoms with Crippen molar-refractivity contribution in [3.63, 3.8) is 0 Å². The molecule has 0 spiro atoms. The minimum absolute atomic E-state index is 0.683. The maximum atomic E-state index is 5.28. The summed E-state index contributed by atoms with van der Waals surface area (Å²) in [5.41, 5.74) is 2.63. The molecule has 1 aromatic rings. The quantitative estimate of drug-likeness (QED) is 0.545. The summed E-state index contributed by atoms with van der Waals surface area (Å²) in [6.45, 7) is 4.14. The first-order chi connectivity index (χ1) is 6.90. The summed E-state index contributed by atoms with van der Waals surface area (Å²) in [5, 5.41) is 1.07. The van der Waals surface area contributed by atoms with Crippen molar-refractivity contribution in [3.8, 4) is 0 Å². The van der Waals surface area contributed by atoms with Crippen LogP contribution in [0, 0.1) is 0 Å². The molecule has 1 aromatic heterocycles. The lowest BCUT2D eigenvalue weighted by molar-refractivity contribution is 0.122. The van der Waals surface area contributed by atoms with Gasteiger partial charge < -0.3 is 9.64 Å². The Bertz CT molecular complexity index is 285. The molecule has 0 radical (unpaired) electrons. The van der Waals surface area contributed by atoms with E-state index in [1.165, 1.54) is 0 Å². The molecule has 1 aliphatic heterocycles. The van der Waals surface area contributed by atoms with Crippen molar-refractivity contribution in [2.45, 2.75) is 6.54 Å². The van der Waals surface area contributed by atoms with E-state index in [0.717, 1.165) is 36.3 Å². The Kier molecular flexibility index (Phi) is 3.30. The van der Waals surface area contributed by atoms with E-state index in [1.54, 1.807) is 11.3 Å². The molecule has 14 heavy (non-hydrogen) atoms. The molecular formula is C8H14N4OS. The maximum absolute atomic E-state index is 5.28. The minimum Gasteiger partial charge on any atom is -0.378 e. The number of nitrogens with two attached hydrogens (primary N) is 1. The average molecular weight is 214 g/mol. The van der Waals surface area contributed by atoms with Crippen LogP contribution in [0.3, 0.4) is 0 Å². The summed E-state index contributed by atoms with van der Waals surface area (Å²) in [5.74, 6) is 5.24. The van der Waals surface area contributed by atoms with Gasteiger partial charge >= 0.3 is 0 Å². The molecule has 0 amide bonds.